The van der Waals surface area contributed by atoms with Crippen molar-refractivity contribution in [2.24, 2.45) is 0 Å². The first-order chi connectivity index (χ1) is 5.13. The van der Waals surface area contributed by atoms with E-state index in [4.69, 9.17) is 0 Å². The minimum absolute atomic E-state index is 0.398. The zero-order valence-corrected chi connectivity index (χ0v) is 8.22. The Morgan fingerprint density at radius 3 is 2.45 bits per heavy atom. The van der Waals surface area contributed by atoms with Crippen molar-refractivity contribution >= 4 is 15.9 Å². The molecule has 1 atom stereocenters. The third-order valence-electron chi connectivity index (χ3n) is 1.69. The zero-order chi connectivity index (χ0) is 8.43. The van der Waals surface area contributed by atoms with E-state index >= 15 is 0 Å². The number of aliphatic hydroxyl groups is 1. The lowest BCUT2D eigenvalue weighted by molar-refractivity contribution is 0.198. The smallest absolute Gasteiger partial charge is 0.0775 e. The molecule has 0 aliphatic carbocycles. The lowest BCUT2D eigenvalue weighted by Crippen LogP contribution is -1.95. The molecule has 0 fully saturated rings. The second-order valence-electron chi connectivity index (χ2n) is 2.65. The number of halogens is 1. The summed E-state index contributed by atoms with van der Waals surface area (Å²) in [6.07, 6.45) is -0.398. The van der Waals surface area contributed by atoms with E-state index in [-0.39, 0.29) is 0 Å². The lowest BCUT2D eigenvalue weighted by Gasteiger charge is -2.10. The first-order valence-corrected chi connectivity index (χ1v) is 4.35. The van der Waals surface area contributed by atoms with Crippen LogP contribution >= 0.6 is 15.9 Å². The summed E-state index contributed by atoms with van der Waals surface area (Å²) in [4.78, 5) is 0. The van der Waals surface area contributed by atoms with Gasteiger partial charge in [0.25, 0.3) is 0 Å². The van der Waals surface area contributed by atoms with Gasteiger partial charge < -0.3 is 5.11 Å². The van der Waals surface area contributed by atoms with Gasteiger partial charge in [0.1, 0.15) is 0 Å². The molecule has 0 spiro atoms. The molecule has 1 nitrogen and oxygen atoms in total. The molecule has 0 bridgehead atoms. The Bertz CT molecular complexity index is 235. The van der Waals surface area contributed by atoms with Crippen LogP contribution in [0.5, 0.6) is 0 Å². The van der Waals surface area contributed by atoms with Gasteiger partial charge in [-0.15, -0.1) is 0 Å². The van der Waals surface area contributed by atoms with Crippen molar-refractivity contribution < 1.29 is 5.11 Å². The number of aryl methyl sites for hydroxylation is 1. The van der Waals surface area contributed by atoms with Gasteiger partial charge in [-0.05, 0) is 31.0 Å². The quantitative estimate of drug-likeness (QED) is 0.763. The SMILES string of the molecule is Cc1cccc(Br)c1[C@H](C)O. The van der Waals surface area contributed by atoms with E-state index in [0.29, 0.717) is 0 Å². The van der Waals surface area contributed by atoms with E-state index in [1.54, 1.807) is 6.92 Å². The van der Waals surface area contributed by atoms with Crippen LogP contribution in [0.1, 0.15) is 24.2 Å². The summed E-state index contributed by atoms with van der Waals surface area (Å²) in [5, 5.41) is 9.36. The second-order valence-corrected chi connectivity index (χ2v) is 3.50. The molecule has 1 aromatic rings. The third-order valence-corrected chi connectivity index (χ3v) is 2.38. The Labute approximate surface area is 75.2 Å². The van der Waals surface area contributed by atoms with Crippen LogP contribution in [-0.2, 0) is 0 Å². The molecule has 0 saturated carbocycles. The average Bonchev–Trinajstić information content (AvgIpc) is 1.85. The Balaban J connectivity index is 3.21. The summed E-state index contributed by atoms with van der Waals surface area (Å²) in [6, 6.07) is 5.90. The molecule has 1 rings (SSSR count). The number of benzene rings is 1. The van der Waals surface area contributed by atoms with Crippen molar-refractivity contribution in [3.63, 3.8) is 0 Å². The molecular formula is C9H11BrO. The van der Waals surface area contributed by atoms with Crippen molar-refractivity contribution in [1.29, 1.82) is 0 Å². The molecule has 0 saturated heterocycles. The normalized spacial score (nSPS) is 13.1. The number of aliphatic hydroxyl groups excluding tert-OH is 1. The van der Waals surface area contributed by atoms with E-state index in [0.717, 1.165) is 15.6 Å². The molecule has 0 heterocycles. The predicted octanol–water partition coefficient (Wildman–Crippen LogP) is 2.81. The fraction of sp³-hybridized carbons (Fsp3) is 0.333. The van der Waals surface area contributed by atoms with Crippen molar-refractivity contribution in [2.45, 2.75) is 20.0 Å². The fourth-order valence-corrected chi connectivity index (χ4v) is 1.97. The minimum Gasteiger partial charge on any atom is -0.389 e. The van der Waals surface area contributed by atoms with Crippen LogP contribution in [0, 0.1) is 6.92 Å². The standard InChI is InChI=1S/C9H11BrO/c1-6-4-3-5-8(10)9(6)7(2)11/h3-5,7,11H,1-2H3/t7-/m0/s1. The number of hydrogen-bond acceptors (Lipinski definition) is 1. The topological polar surface area (TPSA) is 20.2 Å². The largest absolute Gasteiger partial charge is 0.389 e. The molecule has 0 unspecified atom stereocenters. The highest BCUT2D eigenvalue weighted by Gasteiger charge is 2.07. The van der Waals surface area contributed by atoms with E-state index in [1.165, 1.54) is 0 Å². The summed E-state index contributed by atoms with van der Waals surface area (Å²) >= 11 is 3.39. The average molecular weight is 215 g/mol. The third kappa shape index (κ3) is 1.82. The summed E-state index contributed by atoms with van der Waals surface area (Å²) in [6.45, 7) is 3.76. The molecule has 0 aliphatic heterocycles. The molecule has 1 aromatic carbocycles. The summed E-state index contributed by atoms with van der Waals surface area (Å²) < 4.78 is 0.979. The van der Waals surface area contributed by atoms with Crippen LogP contribution in [0.4, 0.5) is 0 Å². The first kappa shape index (κ1) is 8.75. The molecule has 11 heavy (non-hydrogen) atoms. The highest BCUT2D eigenvalue weighted by Crippen LogP contribution is 2.25. The van der Waals surface area contributed by atoms with Crippen molar-refractivity contribution in [3.05, 3.63) is 33.8 Å². The monoisotopic (exact) mass is 214 g/mol. The second kappa shape index (κ2) is 3.37. The predicted molar refractivity (Wildman–Crippen MR) is 49.5 cm³/mol. The van der Waals surface area contributed by atoms with Gasteiger partial charge in [-0.3, -0.25) is 0 Å². The summed E-state index contributed by atoms with van der Waals surface area (Å²) in [5.74, 6) is 0. The van der Waals surface area contributed by atoms with E-state index in [9.17, 15) is 5.11 Å². The first-order valence-electron chi connectivity index (χ1n) is 3.56. The Hall–Kier alpha value is -0.340. The van der Waals surface area contributed by atoms with Crippen LogP contribution < -0.4 is 0 Å². The van der Waals surface area contributed by atoms with Gasteiger partial charge in [-0.2, -0.15) is 0 Å². The maximum Gasteiger partial charge on any atom is 0.0775 e. The summed E-state index contributed by atoms with van der Waals surface area (Å²) in [5.41, 5.74) is 2.10. The molecule has 0 aromatic heterocycles. The lowest BCUT2D eigenvalue weighted by atomic mass is 10.1. The van der Waals surface area contributed by atoms with Gasteiger partial charge in [-0.1, -0.05) is 28.1 Å². The van der Waals surface area contributed by atoms with Crippen LogP contribution in [0.25, 0.3) is 0 Å². The minimum atomic E-state index is -0.398. The molecule has 60 valence electrons. The highest BCUT2D eigenvalue weighted by atomic mass is 79.9. The van der Waals surface area contributed by atoms with Crippen LogP contribution in [0.3, 0.4) is 0 Å². The fourth-order valence-electron chi connectivity index (χ4n) is 1.17. The molecular weight excluding hydrogens is 204 g/mol. The van der Waals surface area contributed by atoms with Gasteiger partial charge in [0.15, 0.2) is 0 Å². The van der Waals surface area contributed by atoms with Crippen molar-refractivity contribution in [1.82, 2.24) is 0 Å². The maximum absolute atomic E-state index is 9.36. The van der Waals surface area contributed by atoms with E-state index in [2.05, 4.69) is 15.9 Å². The van der Waals surface area contributed by atoms with Gasteiger partial charge in [0, 0.05) is 4.47 Å². The van der Waals surface area contributed by atoms with E-state index in [1.807, 2.05) is 25.1 Å². The molecule has 1 N–H and O–H groups in total. The van der Waals surface area contributed by atoms with Gasteiger partial charge >= 0.3 is 0 Å². The van der Waals surface area contributed by atoms with Crippen LogP contribution in [-0.4, -0.2) is 5.11 Å². The number of hydrogen-bond donors (Lipinski definition) is 1. The number of rotatable bonds is 1. The maximum atomic E-state index is 9.36. The Morgan fingerprint density at radius 2 is 2.09 bits per heavy atom. The molecule has 0 amide bonds. The van der Waals surface area contributed by atoms with Crippen LogP contribution in [0.15, 0.2) is 22.7 Å². The van der Waals surface area contributed by atoms with Gasteiger partial charge in [0.2, 0.25) is 0 Å². The summed E-state index contributed by atoms with van der Waals surface area (Å²) in [7, 11) is 0. The van der Waals surface area contributed by atoms with E-state index < -0.39 is 6.10 Å². The van der Waals surface area contributed by atoms with Gasteiger partial charge in [0.05, 0.1) is 6.10 Å². The molecule has 0 radical (unpaired) electrons. The Kier molecular flexibility index (Phi) is 2.68. The molecule has 0 aliphatic rings. The van der Waals surface area contributed by atoms with Crippen molar-refractivity contribution in [3.8, 4) is 0 Å². The van der Waals surface area contributed by atoms with Crippen LogP contribution in [0.2, 0.25) is 0 Å². The zero-order valence-electron chi connectivity index (χ0n) is 6.63. The molecule has 2 heteroatoms. The highest BCUT2D eigenvalue weighted by molar-refractivity contribution is 9.10. The van der Waals surface area contributed by atoms with Gasteiger partial charge in [-0.25, -0.2) is 0 Å². The Morgan fingerprint density at radius 1 is 1.45 bits per heavy atom. The van der Waals surface area contributed by atoms with Crippen molar-refractivity contribution in [2.75, 3.05) is 0 Å².